The van der Waals surface area contributed by atoms with Gasteiger partial charge in [-0.2, -0.15) is 4.31 Å². The fraction of sp³-hybridized carbons (Fsp3) is 0.231. The summed E-state index contributed by atoms with van der Waals surface area (Å²) >= 11 is 0. The molecule has 3 aromatic carbocycles. The highest BCUT2D eigenvalue weighted by Gasteiger charge is 2.39. The van der Waals surface area contributed by atoms with Gasteiger partial charge in [0.1, 0.15) is 6.04 Å². The van der Waals surface area contributed by atoms with E-state index in [1.54, 1.807) is 50.2 Å². The number of nitrogens with one attached hydrogen (secondary N) is 1. The van der Waals surface area contributed by atoms with Crippen LogP contribution in [0, 0.1) is 0 Å². The van der Waals surface area contributed by atoms with Crippen LogP contribution in [0.5, 0.6) is 0 Å². The number of carbonyl (C=O) groups is 2. The molecular formula is C26H26N2O6S. The molecule has 0 aromatic heterocycles. The van der Waals surface area contributed by atoms with E-state index in [1.807, 2.05) is 24.3 Å². The van der Waals surface area contributed by atoms with E-state index in [0.29, 0.717) is 5.69 Å². The molecule has 182 valence electrons. The van der Waals surface area contributed by atoms with Crippen LogP contribution in [-0.4, -0.2) is 42.0 Å². The van der Waals surface area contributed by atoms with Crippen molar-refractivity contribution in [3.8, 4) is 11.1 Å². The smallest absolute Gasteiger partial charge is 0.411 e. The molecule has 1 atom stereocenters. The molecule has 3 aromatic rings. The number of ether oxygens (including phenoxy) is 1. The number of hydrogen-bond acceptors (Lipinski definition) is 5. The Morgan fingerprint density at radius 1 is 0.943 bits per heavy atom. The van der Waals surface area contributed by atoms with Crippen molar-refractivity contribution in [2.45, 2.75) is 43.9 Å². The monoisotopic (exact) mass is 494 g/mol. The van der Waals surface area contributed by atoms with Crippen molar-refractivity contribution in [3.63, 3.8) is 0 Å². The predicted molar refractivity (Wildman–Crippen MR) is 131 cm³/mol. The Morgan fingerprint density at radius 2 is 1.51 bits per heavy atom. The van der Waals surface area contributed by atoms with Gasteiger partial charge in [-0.05, 0) is 60.4 Å². The highest BCUT2D eigenvalue weighted by atomic mass is 32.2. The zero-order valence-electron chi connectivity index (χ0n) is 19.3. The van der Waals surface area contributed by atoms with E-state index in [0.717, 1.165) is 26.6 Å². The molecule has 9 heteroatoms. The fourth-order valence-corrected chi connectivity index (χ4v) is 5.58. The van der Waals surface area contributed by atoms with Gasteiger partial charge in [-0.3, -0.25) is 10.1 Å². The molecule has 1 amide bonds. The molecule has 8 nitrogen and oxygen atoms in total. The number of aliphatic carboxylic acids is 1. The second-order valence-electron chi connectivity index (χ2n) is 8.56. The Balaban J connectivity index is 1.54. The van der Waals surface area contributed by atoms with Crippen molar-refractivity contribution in [3.05, 3.63) is 83.9 Å². The Kier molecular flexibility index (Phi) is 6.90. The summed E-state index contributed by atoms with van der Waals surface area (Å²) in [5.74, 6) is -1.18. The summed E-state index contributed by atoms with van der Waals surface area (Å²) in [6, 6.07) is 19.5. The van der Waals surface area contributed by atoms with Crippen LogP contribution in [0.4, 0.5) is 10.5 Å². The molecule has 0 radical (unpaired) electrons. The molecule has 0 bridgehead atoms. The van der Waals surface area contributed by atoms with Crippen LogP contribution in [-0.2, 0) is 32.5 Å². The number of benzene rings is 3. The van der Waals surface area contributed by atoms with E-state index in [1.165, 1.54) is 12.1 Å². The first-order valence-electron chi connectivity index (χ1n) is 11.1. The maximum Gasteiger partial charge on any atom is 0.411 e. The Labute approximate surface area is 204 Å². The van der Waals surface area contributed by atoms with Gasteiger partial charge in [0.25, 0.3) is 0 Å². The summed E-state index contributed by atoms with van der Waals surface area (Å²) in [6.07, 6.45) is -0.648. The largest absolute Gasteiger partial charge is 0.480 e. The molecule has 0 spiro atoms. The number of carboxylic acids is 1. The topological polar surface area (TPSA) is 113 Å². The molecule has 1 heterocycles. The molecular weight excluding hydrogens is 468 g/mol. The molecule has 1 unspecified atom stereocenters. The first-order chi connectivity index (χ1) is 16.6. The highest BCUT2D eigenvalue weighted by Crippen LogP contribution is 2.30. The van der Waals surface area contributed by atoms with Crippen LogP contribution in [0.25, 0.3) is 11.1 Å². The molecule has 35 heavy (non-hydrogen) atoms. The van der Waals surface area contributed by atoms with E-state index in [2.05, 4.69) is 5.32 Å². The number of hydrogen-bond donors (Lipinski definition) is 2. The molecule has 0 saturated carbocycles. The molecule has 1 aliphatic heterocycles. The van der Waals surface area contributed by atoms with Gasteiger partial charge in [0.05, 0.1) is 11.0 Å². The predicted octanol–water partition coefficient (Wildman–Crippen LogP) is 4.51. The number of carboxylic acid groups (broad SMARTS) is 1. The van der Waals surface area contributed by atoms with Gasteiger partial charge < -0.3 is 9.84 Å². The summed E-state index contributed by atoms with van der Waals surface area (Å²) in [5.41, 5.74) is 3.82. The Morgan fingerprint density at radius 3 is 2.09 bits per heavy atom. The average Bonchev–Trinajstić information content (AvgIpc) is 2.83. The number of carbonyl (C=O) groups excluding carboxylic acids is 1. The van der Waals surface area contributed by atoms with Crippen molar-refractivity contribution in [1.82, 2.24) is 4.31 Å². The van der Waals surface area contributed by atoms with Gasteiger partial charge in [0.2, 0.25) is 10.0 Å². The minimum Gasteiger partial charge on any atom is -0.480 e. The van der Waals surface area contributed by atoms with Crippen molar-refractivity contribution >= 4 is 27.8 Å². The van der Waals surface area contributed by atoms with Gasteiger partial charge in [0.15, 0.2) is 0 Å². The lowest BCUT2D eigenvalue weighted by atomic mass is 9.96. The van der Waals surface area contributed by atoms with E-state index in [4.69, 9.17) is 4.74 Å². The summed E-state index contributed by atoms with van der Waals surface area (Å²) in [7, 11) is -4.04. The van der Waals surface area contributed by atoms with Crippen molar-refractivity contribution in [2.75, 3.05) is 5.32 Å². The van der Waals surface area contributed by atoms with Crippen LogP contribution >= 0.6 is 0 Å². The van der Waals surface area contributed by atoms with Gasteiger partial charge >= 0.3 is 12.1 Å². The number of anilines is 1. The van der Waals surface area contributed by atoms with E-state index >= 15 is 0 Å². The first-order valence-corrected chi connectivity index (χ1v) is 12.6. The first kappa shape index (κ1) is 24.4. The fourth-order valence-electron chi connectivity index (χ4n) is 4.02. The second-order valence-corrected chi connectivity index (χ2v) is 10.4. The van der Waals surface area contributed by atoms with E-state index < -0.39 is 28.1 Å². The van der Waals surface area contributed by atoms with Gasteiger partial charge in [0, 0.05) is 18.7 Å². The number of rotatable bonds is 6. The van der Waals surface area contributed by atoms with Crippen LogP contribution < -0.4 is 5.32 Å². The number of amides is 1. The third-order valence-electron chi connectivity index (χ3n) is 5.76. The van der Waals surface area contributed by atoms with Crippen LogP contribution in [0.1, 0.15) is 25.0 Å². The third kappa shape index (κ3) is 5.36. The molecule has 0 fully saturated rings. The molecule has 0 aliphatic carbocycles. The highest BCUT2D eigenvalue weighted by molar-refractivity contribution is 7.89. The number of fused-ring (bicyclic) bond motifs is 1. The Bertz CT molecular complexity index is 1340. The van der Waals surface area contributed by atoms with Crippen LogP contribution in [0.15, 0.2) is 77.7 Å². The van der Waals surface area contributed by atoms with Gasteiger partial charge in [-0.1, -0.05) is 48.5 Å². The van der Waals surface area contributed by atoms with Crippen LogP contribution in [0.2, 0.25) is 0 Å². The molecule has 4 rings (SSSR count). The van der Waals surface area contributed by atoms with Gasteiger partial charge in [-0.15, -0.1) is 0 Å². The SMILES string of the molecule is CC(C)OC(=O)Nc1ccc(-c2ccc(S(=O)(=O)N3Cc4ccccc4CC3C(=O)O)cc2)cc1. The summed E-state index contributed by atoms with van der Waals surface area (Å²) in [6.45, 7) is 3.53. The average molecular weight is 495 g/mol. The summed E-state index contributed by atoms with van der Waals surface area (Å²) < 4.78 is 32.9. The normalized spacial score (nSPS) is 15.9. The third-order valence-corrected chi connectivity index (χ3v) is 7.63. The summed E-state index contributed by atoms with van der Waals surface area (Å²) in [4.78, 5) is 23.7. The quantitative estimate of drug-likeness (QED) is 0.521. The minimum absolute atomic E-state index is 0.00489. The summed E-state index contributed by atoms with van der Waals surface area (Å²) in [5, 5.41) is 12.4. The Hall–Kier alpha value is -3.69. The van der Waals surface area contributed by atoms with Crippen LogP contribution in [0.3, 0.4) is 0 Å². The standard InChI is InChI=1S/C26H26N2O6S/c1-17(2)34-26(31)27-22-11-7-18(8-12-22)19-9-13-23(14-10-19)35(32,33)28-16-21-6-4-3-5-20(21)15-24(28)25(29)30/h3-14,17,24H,15-16H2,1-2H3,(H,27,31)(H,29,30). The zero-order valence-corrected chi connectivity index (χ0v) is 20.2. The van der Waals surface area contributed by atoms with Crippen molar-refractivity contribution < 1.29 is 27.9 Å². The lowest BCUT2D eigenvalue weighted by molar-refractivity contribution is -0.141. The van der Waals surface area contributed by atoms with E-state index in [-0.39, 0.29) is 24.0 Å². The maximum atomic E-state index is 13.4. The number of nitrogens with zero attached hydrogens (tertiary/aromatic N) is 1. The van der Waals surface area contributed by atoms with Crippen molar-refractivity contribution in [1.29, 1.82) is 0 Å². The van der Waals surface area contributed by atoms with Crippen molar-refractivity contribution in [2.24, 2.45) is 0 Å². The number of sulfonamides is 1. The van der Waals surface area contributed by atoms with E-state index in [9.17, 15) is 23.1 Å². The maximum absolute atomic E-state index is 13.4. The lowest BCUT2D eigenvalue weighted by Gasteiger charge is -2.33. The second kappa shape index (κ2) is 9.89. The lowest BCUT2D eigenvalue weighted by Crippen LogP contribution is -2.48. The molecule has 0 saturated heterocycles. The molecule has 1 aliphatic rings. The zero-order chi connectivity index (χ0) is 25.2. The molecule has 2 N–H and O–H groups in total. The van der Waals surface area contributed by atoms with Gasteiger partial charge in [-0.25, -0.2) is 13.2 Å². The minimum atomic E-state index is -4.04.